The number of hydrogen-bond donors (Lipinski definition) is 1. The van der Waals surface area contributed by atoms with Crippen LogP contribution < -0.4 is 10.1 Å². The number of alkyl halides is 3. The monoisotopic (exact) mass is 376 g/mol. The van der Waals surface area contributed by atoms with Crippen molar-refractivity contribution >= 4 is 11.5 Å². The summed E-state index contributed by atoms with van der Waals surface area (Å²) >= 11 is 0. The molecule has 0 aliphatic carbocycles. The number of halogens is 3. The summed E-state index contributed by atoms with van der Waals surface area (Å²) in [5, 5.41) is 2.83. The lowest BCUT2D eigenvalue weighted by molar-refractivity contribution is -0.165. The SMILES string of the molecule is CN(C)/C=C/C(=C\C(=O)C(F)(F)F)Nc1ccccc1Oc1ccccc1. The first-order valence-corrected chi connectivity index (χ1v) is 8.02. The molecule has 0 aromatic heterocycles. The number of benzene rings is 2. The molecule has 142 valence electrons. The second-order valence-electron chi connectivity index (χ2n) is 5.78. The van der Waals surface area contributed by atoms with Gasteiger partial charge < -0.3 is 15.0 Å². The van der Waals surface area contributed by atoms with Gasteiger partial charge in [0.15, 0.2) is 5.75 Å². The molecule has 0 fully saturated rings. The summed E-state index contributed by atoms with van der Waals surface area (Å²) in [7, 11) is 3.43. The molecule has 0 unspecified atom stereocenters. The Morgan fingerprint density at radius 3 is 2.30 bits per heavy atom. The molecule has 7 heteroatoms. The number of hydrogen-bond acceptors (Lipinski definition) is 4. The minimum absolute atomic E-state index is 0.0184. The number of ketones is 1. The highest BCUT2D eigenvalue weighted by Gasteiger charge is 2.36. The van der Waals surface area contributed by atoms with E-state index in [1.807, 2.05) is 6.07 Å². The van der Waals surface area contributed by atoms with Gasteiger partial charge in [0.1, 0.15) is 5.75 Å². The first kappa shape index (κ1) is 20.1. The molecule has 0 atom stereocenters. The third-order valence-corrected chi connectivity index (χ3v) is 3.26. The predicted octanol–water partition coefficient (Wildman–Crippen LogP) is 4.98. The first-order chi connectivity index (χ1) is 12.8. The standard InChI is InChI=1S/C20H19F3N2O2/c1-25(2)13-12-15(14-19(26)20(21,22)23)24-17-10-6-7-11-18(17)27-16-8-4-3-5-9-16/h3-14,24H,1-2H3/b13-12+,15-14+. The molecular formula is C20H19F3N2O2. The second kappa shape index (κ2) is 8.93. The van der Waals surface area contributed by atoms with Crippen LogP contribution in [0.4, 0.5) is 18.9 Å². The maximum atomic E-state index is 12.6. The predicted molar refractivity (Wildman–Crippen MR) is 98.6 cm³/mol. The number of carbonyl (C=O) groups is 1. The average molecular weight is 376 g/mol. The fourth-order valence-electron chi connectivity index (χ4n) is 2.01. The smallest absolute Gasteiger partial charge is 0.454 e. The molecule has 4 nitrogen and oxygen atoms in total. The van der Waals surface area contributed by atoms with E-state index in [4.69, 9.17) is 4.74 Å². The third kappa shape index (κ3) is 6.54. The molecule has 2 aromatic carbocycles. The van der Waals surface area contributed by atoms with Crippen LogP contribution in [-0.2, 0) is 4.79 Å². The number of anilines is 1. The molecule has 0 bridgehead atoms. The molecule has 0 aliphatic rings. The van der Waals surface area contributed by atoms with E-state index in [0.29, 0.717) is 23.3 Å². The van der Waals surface area contributed by atoms with Gasteiger partial charge in [0, 0.05) is 32.1 Å². The van der Waals surface area contributed by atoms with Gasteiger partial charge in [-0.1, -0.05) is 30.3 Å². The normalized spacial score (nSPS) is 12.1. The summed E-state index contributed by atoms with van der Waals surface area (Å²) < 4.78 is 43.7. The number of rotatable bonds is 7. The maximum Gasteiger partial charge on any atom is 0.454 e. The van der Waals surface area contributed by atoms with Crippen molar-refractivity contribution in [2.24, 2.45) is 0 Å². The van der Waals surface area contributed by atoms with Crippen LogP contribution in [0.5, 0.6) is 11.5 Å². The summed E-state index contributed by atoms with van der Waals surface area (Å²) in [6, 6.07) is 15.7. The Hall–Kier alpha value is -3.22. The Balaban J connectivity index is 2.32. The third-order valence-electron chi connectivity index (χ3n) is 3.26. The van der Waals surface area contributed by atoms with Crippen LogP contribution in [0, 0.1) is 0 Å². The van der Waals surface area contributed by atoms with Crippen LogP contribution in [-0.4, -0.2) is 31.0 Å². The highest BCUT2D eigenvalue weighted by atomic mass is 19.4. The lowest BCUT2D eigenvalue weighted by Gasteiger charge is -2.14. The van der Waals surface area contributed by atoms with Crippen LogP contribution >= 0.6 is 0 Å². The molecule has 0 radical (unpaired) electrons. The van der Waals surface area contributed by atoms with E-state index >= 15 is 0 Å². The largest absolute Gasteiger partial charge is 0.455 e. The van der Waals surface area contributed by atoms with Gasteiger partial charge in [-0.05, 0) is 30.3 Å². The van der Waals surface area contributed by atoms with E-state index in [0.717, 1.165) is 0 Å². The fourth-order valence-corrected chi connectivity index (χ4v) is 2.01. The van der Waals surface area contributed by atoms with Crippen molar-refractivity contribution < 1.29 is 22.7 Å². The van der Waals surface area contributed by atoms with Crippen molar-refractivity contribution in [2.75, 3.05) is 19.4 Å². The van der Waals surface area contributed by atoms with Gasteiger partial charge in [0.05, 0.1) is 5.69 Å². The summed E-state index contributed by atoms with van der Waals surface area (Å²) in [4.78, 5) is 13.0. The van der Waals surface area contributed by atoms with Crippen molar-refractivity contribution in [2.45, 2.75) is 6.18 Å². The summed E-state index contributed by atoms with van der Waals surface area (Å²) in [5.74, 6) is -0.963. The minimum atomic E-state index is -4.95. The van der Waals surface area contributed by atoms with Crippen LogP contribution in [0.1, 0.15) is 0 Å². The van der Waals surface area contributed by atoms with Gasteiger partial charge in [-0.3, -0.25) is 4.79 Å². The zero-order valence-corrected chi connectivity index (χ0v) is 14.8. The summed E-state index contributed by atoms with van der Waals surface area (Å²) in [6.07, 6.45) is -1.52. The number of carbonyl (C=O) groups excluding carboxylic acids is 1. The zero-order valence-electron chi connectivity index (χ0n) is 14.8. The molecule has 2 aromatic rings. The van der Waals surface area contributed by atoms with Crippen molar-refractivity contribution in [3.8, 4) is 11.5 Å². The van der Waals surface area contributed by atoms with Crippen molar-refractivity contribution in [1.29, 1.82) is 0 Å². The second-order valence-corrected chi connectivity index (χ2v) is 5.78. The number of ether oxygens (including phenoxy) is 1. The van der Waals surface area contributed by atoms with Gasteiger partial charge in [0.25, 0.3) is 5.78 Å². The van der Waals surface area contributed by atoms with E-state index < -0.39 is 12.0 Å². The van der Waals surface area contributed by atoms with Crippen LogP contribution in [0.3, 0.4) is 0 Å². The molecule has 0 saturated carbocycles. The molecule has 0 spiro atoms. The number of allylic oxidation sites excluding steroid dienone is 2. The van der Waals surface area contributed by atoms with Gasteiger partial charge in [0.2, 0.25) is 0 Å². The topological polar surface area (TPSA) is 41.6 Å². The van der Waals surface area contributed by atoms with E-state index in [9.17, 15) is 18.0 Å². The Labute approximate surface area is 155 Å². The Bertz CT molecular complexity index is 829. The van der Waals surface area contributed by atoms with Crippen molar-refractivity contribution in [3.05, 3.63) is 78.6 Å². The van der Waals surface area contributed by atoms with E-state index in [2.05, 4.69) is 5.32 Å². The molecule has 0 amide bonds. The first-order valence-electron chi connectivity index (χ1n) is 8.02. The van der Waals surface area contributed by atoms with E-state index in [-0.39, 0.29) is 5.70 Å². The number of nitrogens with one attached hydrogen (secondary N) is 1. The molecule has 0 heterocycles. The maximum absolute atomic E-state index is 12.6. The molecule has 27 heavy (non-hydrogen) atoms. The highest BCUT2D eigenvalue weighted by molar-refractivity contribution is 5.95. The minimum Gasteiger partial charge on any atom is -0.455 e. The molecular weight excluding hydrogens is 357 g/mol. The number of para-hydroxylation sites is 3. The lowest BCUT2D eigenvalue weighted by Crippen LogP contribution is -2.21. The van der Waals surface area contributed by atoms with Gasteiger partial charge in [-0.2, -0.15) is 13.2 Å². The van der Waals surface area contributed by atoms with E-state index in [1.165, 1.54) is 12.3 Å². The van der Waals surface area contributed by atoms with Crippen LogP contribution in [0.15, 0.2) is 78.6 Å². The van der Waals surface area contributed by atoms with Crippen molar-refractivity contribution in [3.63, 3.8) is 0 Å². The molecule has 1 N–H and O–H groups in total. The molecule has 0 saturated heterocycles. The Morgan fingerprint density at radius 2 is 1.67 bits per heavy atom. The fraction of sp³-hybridized carbons (Fsp3) is 0.150. The highest BCUT2D eigenvalue weighted by Crippen LogP contribution is 2.30. The Morgan fingerprint density at radius 1 is 1.04 bits per heavy atom. The Kier molecular flexibility index (Phi) is 6.65. The summed E-state index contributed by atoms with van der Waals surface area (Å²) in [6.45, 7) is 0. The number of nitrogens with zero attached hydrogens (tertiary/aromatic N) is 1. The van der Waals surface area contributed by atoms with Crippen molar-refractivity contribution in [1.82, 2.24) is 4.90 Å². The molecule has 0 aliphatic heterocycles. The van der Waals surface area contributed by atoms with Gasteiger partial charge >= 0.3 is 6.18 Å². The quantitative estimate of drug-likeness (QED) is 0.547. The molecule has 2 rings (SSSR count). The van der Waals surface area contributed by atoms with E-state index in [1.54, 1.807) is 67.5 Å². The van der Waals surface area contributed by atoms with Gasteiger partial charge in [-0.15, -0.1) is 0 Å². The van der Waals surface area contributed by atoms with Crippen LogP contribution in [0.2, 0.25) is 0 Å². The van der Waals surface area contributed by atoms with Gasteiger partial charge in [-0.25, -0.2) is 0 Å². The zero-order chi connectivity index (χ0) is 19.9. The average Bonchev–Trinajstić information content (AvgIpc) is 2.61. The van der Waals surface area contributed by atoms with Crippen LogP contribution in [0.25, 0.3) is 0 Å². The lowest BCUT2D eigenvalue weighted by atomic mass is 10.2. The summed E-state index contributed by atoms with van der Waals surface area (Å²) in [5.41, 5.74) is 0.404.